The number of aromatic amines is 1. The minimum atomic E-state index is -0.844. The maximum absolute atomic E-state index is 12.9. The average Bonchev–Trinajstić information content (AvgIpc) is 3.33. The predicted octanol–water partition coefficient (Wildman–Crippen LogP) is 3.18. The molecule has 0 saturated heterocycles. The molecular formula is C26H27N8O2+. The second-order valence-electron chi connectivity index (χ2n) is 7.95. The Hall–Kier alpha value is -4.78. The average molecular weight is 484 g/mol. The van der Waals surface area contributed by atoms with Crippen LogP contribution in [0.3, 0.4) is 0 Å². The van der Waals surface area contributed by atoms with Crippen molar-refractivity contribution in [3.8, 4) is 23.3 Å². The van der Waals surface area contributed by atoms with E-state index in [1.54, 1.807) is 42.6 Å². The van der Waals surface area contributed by atoms with E-state index in [2.05, 4.69) is 48.4 Å². The van der Waals surface area contributed by atoms with Crippen LogP contribution in [0.4, 0.5) is 5.69 Å². The molecule has 3 N–H and O–H groups in total. The van der Waals surface area contributed by atoms with Crippen molar-refractivity contribution >= 4 is 11.6 Å². The Balaban J connectivity index is 1.48. The highest BCUT2D eigenvalue weighted by Crippen LogP contribution is 2.25. The summed E-state index contributed by atoms with van der Waals surface area (Å²) in [5, 5.41) is 23.3. The van der Waals surface area contributed by atoms with Crippen molar-refractivity contribution < 1.29 is 14.1 Å². The van der Waals surface area contributed by atoms with Crippen LogP contribution < -0.4 is 19.9 Å². The first kappa shape index (κ1) is 24.3. The second kappa shape index (κ2) is 11.6. The van der Waals surface area contributed by atoms with Gasteiger partial charge in [-0.2, -0.15) is 5.26 Å². The highest BCUT2D eigenvalue weighted by atomic mass is 16.5. The van der Waals surface area contributed by atoms with E-state index in [0.717, 1.165) is 36.0 Å². The lowest BCUT2D eigenvalue weighted by molar-refractivity contribution is -0.693. The fourth-order valence-electron chi connectivity index (χ4n) is 3.84. The summed E-state index contributed by atoms with van der Waals surface area (Å²) in [5.41, 5.74) is 2.53. The molecule has 4 rings (SSSR count). The molecule has 1 amide bonds. The van der Waals surface area contributed by atoms with Gasteiger partial charge in [0.1, 0.15) is 30.4 Å². The van der Waals surface area contributed by atoms with Gasteiger partial charge in [-0.15, -0.1) is 5.10 Å². The number of rotatable bonds is 10. The summed E-state index contributed by atoms with van der Waals surface area (Å²) in [7, 11) is 1.53. The van der Waals surface area contributed by atoms with E-state index in [4.69, 9.17) is 4.74 Å². The van der Waals surface area contributed by atoms with Crippen LogP contribution in [-0.2, 0) is 13.1 Å². The number of amides is 1. The van der Waals surface area contributed by atoms with Gasteiger partial charge < -0.3 is 15.4 Å². The number of benzene rings is 2. The van der Waals surface area contributed by atoms with Crippen molar-refractivity contribution in [3.63, 3.8) is 0 Å². The van der Waals surface area contributed by atoms with Crippen LogP contribution in [0.25, 0.3) is 11.5 Å². The molecule has 10 heteroatoms. The molecule has 2 aromatic heterocycles. The molecule has 0 unspecified atom stereocenters. The lowest BCUT2D eigenvalue weighted by Crippen LogP contribution is -2.39. The third-order valence-electron chi connectivity index (χ3n) is 5.57. The number of anilines is 1. The number of nitrogens with one attached hydrogen (secondary N) is 3. The van der Waals surface area contributed by atoms with Gasteiger partial charge in [0.25, 0.3) is 11.7 Å². The van der Waals surface area contributed by atoms with E-state index in [1.807, 2.05) is 18.2 Å². The summed E-state index contributed by atoms with van der Waals surface area (Å²) < 4.78 is 7.42. The minimum absolute atomic E-state index is 0.357. The molecule has 182 valence electrons. The molecular weight excluding hydrogens is 456 g/mol. The Labute approximate surface area is 209 Å². The third kappa shape index (κ3) is 5.47. The Morgan fingerprint density at radius 3 is 2.83 bits per heavy atom. The van der Waals surface area contributed by atoms with Gasteiger partial charge in [-0.05, 0) is 36.8 Å². The molecule has 2 aromatic carbocycles. The largest absolute Gasteiger partial charge is 0.496 e. The number of aromatic nitrogens is 5. The van der Waals surface area contributed by atoms with E-state index in [0.29, 0.717) is 23.4 Å². The fourth-order valence-corrected chi connectivity index (χ4v) is 3.84. The molecule has 4 aromatic rings. The summed E-state index contributed by atoms with van der Waals surface area (Å²) in [5.74, 6) is 1.80. The number of nitrogens with zero attached hydrogens (tertiary/aromatic N) is 5. The van der Waals surface area contributed by atoms with Gasteiger partial charge >= 0.3 is 5.82 Å². The number of H-pyrrole nitrogens is 1. The Morgan fingerprint density at radius 2 is 2.08 bits per heavy atom. The monoisotopic (exact) mass is 483 g/mol. The molecule has 2 heterocycles. The van der Waals surface area contributed by atoms with Gasteiger partial charge in [-0.1, -0.05) is 31.2 Å². The second-order valence-corrected chi connectivity index (χ2v) is 7.95. The highest BCUT2D eigenvalue weighted by Gasteiger charge is 2.22. The minimum Gasteiger partial charge on any atom is -0.496 e. The van der Waals surface area contributed by atoms with Crippen LogP contribution in [0.2, 0.25) is 0 Å². The molecule has 0 aliphatic carbocycles. The number of carbonyl (C=O) groups excluding carboxylic acids is 1. The van der Waals surface area contributed by atoms with Crippen molar-refractivity contribution in [2.75, 3.05) is 12.4 Å². The van der Waals surface area contributed by atoms with E-state index in [9.17, 15) is 10.1 Å². The van der Waals surface area contributed by atoms with Gasteiger partial charge in [0.05, 0.1) is 19.7 Å². The zero-order chi connectivity index (χ0) is 25.3. The van der Waals surface area contributed by atoms with Crippen LogP contribution in [0.5, 0.6) is 5.75 Å². The van der Waals surface area contributed by atoms with E-state index >= 15 is 0 Å². The van der Waals surface area contributed by atoms with Crippen molar-refractivity contribution in [1.82, 2.24) is 25.5 Å². The molecule has 0 radical (unpaired) electrons. The van der Waals surface area contributed by atoms with Gasteiger partial charge in [0.15, 0.2) is 0 Å². The summed E-state index contributed by atoms with van der Waals surface area (Å²) in [4.78, 5) is 21.2. The highest BCUT2D eigenvalue weighted by molar-refractivity contribution is 5.95. The van der Waals surface area contributed by atoms with Gasteiger partial charge in [0, 0.05) is 28.1 Å². The van der Waals surface area contributed by atoms with Crippen molar-refractivity contribution in [2.45, 2.75) is 32.5 Å². The van der Waals surface area contributed by atoms with Crippen molar-refractivity contribution in [3.05, 3.63) is 84.1 Å². The number of nitriles is 1. The van der Waals surface area contributed by atoms with E-state index in [-0.39, 0.29) is 5.91 Å². The van der Waals surface area contributed by atoms with Crippen LogP contribution >= 0.6 is 0 Å². The molecule has 36 heavy (non-hydrogen) atoms. The van der Waals surface area contributed by atoms with Gasteiger partial charge in [-0.3, -0.25) is 4.79 Å². The van der Waals surface area contributed by atoms with Crippen LogP contribution in [-0.4, -0.2) is 33.2 Å². The number of methoxy groups -OCH3 is 1. The van der Waals surface area contributed by atoms with Gasteiger partial charge in [-0.25, -0.2) is 14.5 Å². The molecule has 1 atom stereocenters. The summed E-state index contributed by atoms with van der Waals surface area (Å²) in [6.07, 6.45) is 4.11. The zero-order valence-electron chi connectivity index (χ0n) is 20.1. The normalized spacial score (nSPS) is 11.4. The number of carbonyl (C=O) groups is 1. The number of para-hydroxylation sites is 1. The molecule has 0 fully saturated rings. The summed E-state index contributed by atoms with van der Waals surface area (Å²) in [6.45, 7) is 3.33. The van der Waals surface area contributed by atoms with Crippen molar-refractivity contribution in [1.29, 1.82) is 5.26 Å². The molecule has 0 saturated carbocycles. The number of hydrogen-bond donors (Lipinski definition) is 3. The molecule has 0 aliphatic rings. The molecule has 10 nitrogen and oxygen atoms in total. The smallest absolute Gasteiger partial charge is 0.327 e. The van der Waals surface area contributed by atoms with Crippen molar-refractivity contribution in [2.24, 2.45) is 0 Å². The quantitative estimate of drug-likeness (QED) is 0.295. The summed E-state index contributed by atoms with van der Waals surface area (Å²) in [6, 6.07) is 17.4. The Morgan fingerprint density at radius 1 is 1.22 bits per heavy atom. The number of hydrogen-bond acceptors (Lipinski definition) is 7. The maximum atomic E-state index is 12.9. The standard InChI is InChI=1S/C26H26N8O2/c1-3-13-34-24(32-33-25(34)21-11-12-28-17-30-21)16-29-19-8-6-7-18(14-19)26(35)31-22(15-27)20-9-4-5-10-23(20)36-2/h4-12,14,17,22,29H,3,13,16H2,1-2H3,(H,31,35)/p+1/t22-/m0/s1. The predicted molar refractivity (Wildman–Crippen MR) is 133 cm³/mol. The first-order valence-corrected chi connectivity index (χ1v) is 11.5. The first-order valence-electron chi connectivity index (χ1n) is 11.5. The maximum Gasteiger partial charge on any atom is 0.327 e. The molecule has 0 aliphatic heterocycles. The lowest BCUT2D eigenvalue weighted by atomic mass is 10.1. The van der Waals surface area contributed by atoms with E-state index in [1.165, 1.54) is 13.4 Å². The Bertz CT molecular complexity index is 1360. The zero-order valence-corrected chi connectivity index (χ0v) is 20.1. The molecule has 0 bridgehead atoms. The SMILES string of the molecule is CCC[n+]1c(-c2ccncn2)n[nH]c1CNc1cccc(C(=O)N[C@@H](C#N)c2ccccc2OC)c1. The Kier molecular flexibility index (Phi) is 7.83. The fraction of sp³-hybridized carbons (Fsp3) is 0.231. The summed E-state index contributed by atoms with van der Waals surface area (Å²) >= 11 is 0. The van der Waals surface area contributed by atoms with Gasteiger partial charge in [0.2, 0.25) is 0 Å². The number of ether oxygens (including phenoxy) is 1. The third-order valence-corrected chi connectivity index (χ3v) is 5.57. The van der Waals surface area contributed by atoms with E-state index < -0.39 is 6.04 Å². The van der Waals surface area contributed by atoms with Crippen LogP contribution in [0, 0.1) is 11.3 Å². The van der Waals surface area contributed by atoms with Crippen LogP contribution in [0.15, 0.2) is 67.1 Å². The first-order chi connectivity index (χ1) is 17.6. The topological polar surface area (TPSA) is 132 Å². The lowest BCUT2D eigenvalue weighted by Gasteiger charge is -2.15. The molecule has 0 spiro atoms. The van der Waals surface area contributed by atoms with Crippen LogP contribution in [0.1, 0.15) is 41.1 Å².